The Morgan fingerprint density at radius 1 is 1.23 bits per heavy atom. The van der Waals surface area contributed by atoms with Crippen molar-refractivity contribution >= 4 is 22.8 Å². The molecule has 1 aromatic carbocycles. The van der Waals surface area contributed by atoms with E-state index in [1.54, 1.807) is 0 Å². The molecule has 0 aliphatic heterocycles. The van der Waals surface area contributed by atoms with Crippen molar-refractivity contribution in [2.45, 2.75) is 58.6 Å². The molecule has 1 saturated carbocycles. The second kappa shape index (κ2) is 10.1. The second-order valence-electron chi connectivity index (χ2n) is 8.88. The zero-order valence-corrected chi connectivity index (χ0v) is 18.4. The van der Waals surface area contributed by atoms with Crippen molar-refractivity contribution in [3.8, 4) is 0 Å². The van der Waals surface area contributed by atoms with Crippen LogP contribution in [0.5, 0.6) is 0 Å². The predicted octanol–water partition coefficient (Wildman–Crippen LogP) is 3.85. The molecule has 0 bridgehead atoms. The number of nitrogens with one attached hydrogen (secondary N) is 2. The van der Waals surface area contributed by atoms with Gasteiger partial charge in [-0.25, -0.2) is 4.79 Å². The number of hydrogen-bond acceptors (Lipinski definition) is 4. The number of hydrogen-bond donors (Lipinski definition) is 2. The van der Waals surface area contributed by atoms with Crippen LogP contribution in [0.1, 0.15) is 45.6 Å². The molecular formula is C24H34N2O4. The number of H-pyrrole nitrogens is 1. The van der Waals surface area contributed by atoms with Crippen LogP contribution in [0.3, 0.4) is 0 Å². The van der Waals surface area contributed by atoms with E-state index in [1.165, 1.54) is 13.5 Å². The minimum atomic E-state index is -0.753. The van der Waals surface area contributed by atoms with E-state index >= 15 is 0 Å². The molecule has 1 amide bonds. The van der Waals surface area contributed by atoms with E-state index in [9.17, 15) is 9.59 Å². The molecule has 1 aromatic heterocycles. The van der Waals surface area contributed by atoms with E-state index < -0.39 is 12.0 Å². The molecule has 0 saturated heterocycles. The highest BCUT2D eigenvalue weighted by atomic mass is 16.5. The second-order valence-corrected chi connectivity index (χ2v) is 8.88. The molecule has 3 unspecified atom stereocenters. The lowest BCUT2D eigenvalue weighted by molar-refractivity contribution is -0.146. The minimum absolute atomic E-state index is 0.0397. The molecule has 6 heteroatoms. The molecule has 6 nitrogen and oxygen atoms in total. The Hall–Kier alpha value is -2.34. The van der Waals surface area contributed by atoms with Crippen molar-refractivity contribution in [3.63, 3.8) is 0 Å². The number of para-hydroxylation sites is 1. The van der Waals surface area contributed by atoms with Gasteiger partial charge in [0.15, 0.2) is 0 Å². The third-order valence-electron chi connectivity index (χ3n) is 6.31. The SMILES string of the molecule is COC(=O)[C@@H](Cc1c[nH]c2ccccc12)NC(=O)COC1CC(C)CCC1C(C)C. The first-order valence-corrected chi connectivity index (χ1v) is 10.9. The lowest BCUT2D eigenvalue weighted by Crippen LogP contribution is -2.45. The Balaban J connectivity index is 1.62. The van der Waals surface area contributed by atoms with Gasteiger partial charge in [0.25, 0.3) is 0 Å². The van der Waals surface area contributed by atoms with E-state index in [-0.39, 0.29) is 18.6 Å². The predicted molar refractivity (Wildman–Crippen MR) is 117 cm³/mol. The Kier molecular flexibility index (Phi) is 7.53. The number of carbonyl (C=O) groups is 2. The monoisotopic (exact) mass is 414 g/mol. The number of aromatic amines is 1. The first-order chi connectivity index (χ1) is 14.4. The Labute approximate surface area is 178 Å². The van der Waals surface area contributed by atoms with Crippen LogP contribution < -0.4 is 5.32 Å². The molecule has 4 atom stereocenters. The van der Waals surface area contributed by atoms with Gasteiger partial charge in [-0.05, 0) is 42.2 Å². The fourth-order valence-electron chi connectivity index (χ4n) is 4.58. The Morgan fingerprint density at radius 2 is 2.00 bits per heavy atom. The quantitative estimate of drug-likeness (QED) is 0.643. The molecular weight excluding hydrogens is 380 g/mol. The first-order valence-electron chi connectivity index (χ1n) is 10.9. The zero-order chi connectivity index (χ0) is 21.7. The summed E-state index contributed by atoms with van der Waals surface area (Å²) in [6.45, 7) is 6.63. The van der Waals surface area contributed by atoms with Crippen LogP contribution in [-0.4, -0.2) is 42.7 Å². The zero-order valence-electron chi connectivity index (χ0n) is 18.4. The number of aromatic nitrogens is 1. The van der Waals surface area contributed by atoms with Gasteiger partial charge >= 0.3 is 5.97 Å². The highest BCUT2D eigenvalue weighted by Gasteiger charge is 2.32. The molecule has 2 N–H and O–H groups in total. The van der Waals surface area contributed by atoms with Crippen molar-refractivity contribution < 1.29 is 19.1 Å². The van der Waals surface area contributed by atoms with Crippen LogP contribution in [-0.2, 0) is 25.5 Å². The van der Waals surface area contributed by atoms with E-state index in [0.717, 1.165) is 29.3 Å². The standard InChI is InChI=1S/C24H34N2O4/c1-15(2)18-10-9-16(3)11-22(18)30-14-23(27)26-21(24(28)29-4)12-17-13-25-20-8-6-5-7-19(17)20/h5-8,13,15-16,18,21-22,25H,9-12,14H2,1-4H3,(H,26,27)/t16?,18?,21-,22?/m1/s1. The van der Waals surface area contributed by atoms with E-state index in [1.807, 2.05) is 30.5 Å². The van der Waals surface area contributed by atoms with Gasteiger partial charge in [0, 0.05) is 23.5 Å². The summed E-state index contributed by atoms with van der Waals surface area (Å²) in [4.78, 5) is 28.1. The smallest absolute Gasteiger partial charge is 0.328 e. The summed E-state index contributed by atoms with van der Waals surface area (Å²) in [5, 5.41) is 3.85. The first kappa shape index (κ1) is 22.3. The molecule has 3 rings (SSSR count). The fraction of sp³-hybridized carbons (Fsp3) is 0.583. The summed E-state index contributed by atoms with van der Waals surface area (Å²) in [5.74, 6) is 0.857. The molecule has 1 aliphatic carbocycles. The third kappa shape index (κ3) is 5.42. The van der Waals surface area contributed by atoms with Gasteiger partial charge in [-0.3, -0.25) is 4.79 Å². The van der Waals surface area contributed by atoms with Crippen molar-refractivity contribution in [2.75, 3.05) is 13.7 Å². The minimum Gasteiger partial charge on any atom is -0.467 e. The average molecular weight is 415 g/mol. The Bertz CT molecular complexity index is 860. The highest BCUT2D eigenvalue weighted by molar-refractivity contribution is 5.87. The summed E-state index contributed by atoms with van der Waals surface area (Å²) in [7, 11) is 1.34. The number of methoxy groups -OCH3 is 1. The number of ether oxygens (including phenoxy) is 2. The summed E-state index contributed by atoms with van der Waals surface area (Å²) in [5.41, 5.74) is 1.96. The number of benzene rings is 1. The molecule has 2 aromatic rings. The van der Waals surface area contributed by atoms with Crippen LogP contribution in [0.2, 0.25) is 0 Å². The highest BCUT2D eigenvalue weighted by Crippen LogP contribution is 2.35. The molecule has 0 spiro atoms. The van der Waals surface area contributed by atoms with E-state index in [4.69, 9.17) is 9.47 Å². The summed E-state index contributed by atoms with van der Waals surface area (Å²) >= 11 is 0. The summed E-state index contributed by atoms with van der Waals surface area (Å²) in [6, 6.07) is 7.13. The topological polar surface area (TPSA) is 80.4 Å². The van der Waals surface area contributed by atoms with Crippen LogP contribution in [0.4, 0.5) is 0 Å². The lowest BCUT2D eigenvalue weighted by Gasteiger charge is -2.37. The van der Waals surface area contributed by atoms with Gasteiger partial charge in [0.2, 0.25) is 5.91 Å². The summed E-state index contributed by atoms with van der Waals surface area (Å²) in [6.07, 6.45) is 5.65. The van der Waals surface area contributed by atoms with Crippen LogP contribution in [0.25, 0.3) is 10.9 Å². The number of esters is 1. The van der Waals surface area contributed by atoms with Gasteiger partial charge in [-0.15, -0.1) is 0 Å². The van der Waals surface area contributed by atoms with E-state index in [2.05, 4.69) is 31.1 Å². The maximum Gasteiger partial charge on any atom is 0.328 e. The van der Waals surface area contributed by atoms with Gasteiger partial charge < -0.3 is 19.8 Å². The third-order valence-corrected chi connectivity index (χ3v) is 6.31. The van der Waals surface area contributed by atoms with Crippen LogP contribution >= 0.6 is 0 Å². The normalized spacial score (nSPS) is 22.8. The summed E-state index contributed by atoms with van der Waals surface area (Å²) < 4.78 is 11.0. The van der Waals surface area contributed by atoms with Crippen LogP contribution in [0, 0.1) is 17.8 Å². The van der Waals surface area contributed by atoms with Gasteiger partial charge in [-0.1, -0.05) is 45.4 Å². The molecule has 0 radical (unpaired) electrons. The van der Waals surface area contributed by atoms with Crippen molar-refractivity contribution in [1.82, 2.24) is 10.3 Å². The van der Waals surface area contributed by atoms with Crippen LogP contribution in [0.15, 0.2) is 30.5 Å². The van der Waals surface area contributed by atoms with Gasteiger partial charge in [0.05, 0.1) is 13.2 Å². The maximum absolute atomic E-state index is 12.6. The number of carbonyl (C=O) groups excluding carboxylic acids is 2. The number of amides is 1. The van der Waals surface area contributed by atoms with Gasteiger partial charge in [-0.2, -0.15) is 0 Å². The largest absolute Gasteiger partial charge is 0.467 e. The molecule has 164 valence electrons. The number of fused-ring (bicyclic) bond motifs is 1. The lowest BCUT2D eigenvalue weighted by atomic mass is 9.75. The average Bonchev–Trinajstić information content (AvgIpc) is 3.14. The molecule has 1 aliphatic rings. The maximum atomic E-state index is 12.6. The van der Waals surface area contributed by atoms with Crippen molar-refractivity contribution in [1.29, 1.82) is 0 Å². The molecule has 1 heterocycles. The number of rotatable bonds is 8. The van der Waals surface area contributed by atoms with Crippen molar-refractivity contribution in [2.24, 2.45) is 17.8 Å². The molecule has 1 fully saturated rings. The fourth-order valence-corrected chi connectivity index (χ4v) is 4.58. The van der Waals surface area contributed by atoms with Gasteiger partial charge in [0.1, 0.15) is 12.6 Å². The molecule has 30 heavy (non-hydrogen) atoms. The van der Waals surface area contributed by atoms with Crippen molar-refractivity contribution in [3.05, 3.63) is 36.0 Å². The van der Waals surface area contributed by atoms with E-state index in [0.29, 0.717) is 24.2 Å². The Morgan fingerprint density at radius 3 is 2.73 bits per heavy atom.